The van der Waals surface area contributed by atoms with Crippen LogP contribution in [0.25, 0.3) is 0 Å². The van der Waals surface area contributed by atoms with Crippen LogP contribution in [0.3, 0.4) is 0 Å². The molecule has 3 nitrogen and oxygen atoms in total. The summed E-state index contributed by atoms with van der Waals surface area (Å²) in [6, 6.07) is 0.498. The minimum absolute atomic E-state index is 0.228. The minimum Gasteiger partial charge on any atom is -0.381 e. The second kappa shape index (κ2) is 5.67. The molecule has 3 heteroatoms. The Hall–Kier alpha value is -0.570. The molecule has 2 aliphatic heterocycles. The molecule has 0 unspecified atom stereocenters. The van der Waals surface area contributed by atoms with E-state index in [-0.39, 0.29) is 5.92 Å². The third kappa shape index (κ3) is 2.38. The van der Waals surface area contributed by atoms with Crippen molar-refractivity contribution in [3.05, 3.63) is 0 Å². The fourth-order valence-corrected chi connectivity index (χ4v) is 4.92. The summed E-state index contributed by atoms with van der Waals surface area (Å²) < 4.78 is 5.39. The zero-order valence-corrected chi connectivity index (χ0v) is 13.1. The average molecular weight is 279 g/mol. The summed E-state index contributed by atoms with van der Waals surface area (Å²) in [5, 5.41) is 0. The van der Waals surface area contributed by atoms with Crippen molar-refractivity contribution in [2.75, 3.05) is 19.8 Å². The van der Waals surface area contributed by atoms with Crippen LogP contribution < -0.4 is 0 Å². The van der Waals surface area contributed by atoms with E-state index in [1.807, 2.05) is 0 Å². The molecule has 0 radical (unpaired) electrons. The number of amides is 1. The van der Waals surface area contributed by atoms with Crippen LogP contribution in [0.2, 0.25) is 0 Å². The number of rotatable bonds is 2. The van der Waals surface area contributed by atoms with Crippen molar-refractivity contribution in [2.24, 2.45) is 17.3 Å². The number of carbonyl (C=O) groups excluding carboxylic acids is 1. The zero-order chi connectivity index (χ0) is 14.2. The maximum Gasteiger partial charge on any atom is 0.226 e. The molecule has 2 saturated heterocycles. The number of nitrogens with zero attached hydrogens (tertiary/aromatic N) is 1. The third-order valence-electron chi connectivity index (χ3n) is 5.78. The average Bonchev–Trinajstić information content (AvgIpc) is 2.45. The maximum absolute atomic E-state index is 12.8. The van der Waals surface area contributed by atoms with Crippen LogP contribution >= 0.6 is 0 Å². The van der Waals surface area contributed by atoms with E-state index in [1.54, 1.807) is 0 Å². The molecule has 1 amide bonds. The molecule has 3 fully saturated rings. The van der Waals surface area contributed by atoms with E-state index in [9.17, 15) is 4.79 Å². The van der Waals surface area contributed by atoms with Gasteiger partial charge in [-0.15, -0.1) is 0 Å². The standard InChI is InChI=1S/C17H29NO2/c1-13(2)15-17(8-4-3-5-9-17)12-18(15)16(19)14-6-10-20-11-7-14/h13-15H,3-12H2,1-2H3/t15-/m1/s1. The first-order chi connectivity index (χ1) is 9.64. The molecule has 0 aromatic heterocycles. The van der Waals surface area contributed by atoms with Gasteiger partial charge in [0.25, 0.3) is 0 Å². The van der Waals surface area contributed by atoms with E-state index in [0.29, 0.717) is 23.3 Å². The Kier molecular flexibility index (Phi) is 4.07. The minimum atomic E-state index is 0.228. The van der Waals surface area contributed by atoms with Gasteiger partial charge in [-0.1, -0.05) is 33.1 Å². The summed E-state index contributed by atoms with van der Waals surface area (Å²) in [4.78, 5) is 15.0. The topological polar surface area (TPSA) is 29.5 Å². The highest BCUT2D eigenvalue weighted by Crippen LogP contribution is 2.52. The van der Waals surface area contributed by atoms with Gasteiger partial charge < -0.3 is 9.64 Å². The molecular formula is C17H29NO2. The quantitative estimate of drug-likeness (QED) is 0.776. The van der Waals surface area contributed by atoms with Crippen LogP contribution in [-0.2, 0) is 9.53 Å². The van der Waals surface area contributed by atoms with Crippen LogP contribution in [0.4, 0.5) is 0 Å². The molecule has 20 heavy (non-hydrogen) atoms. The monoisotopic (exact) mass is 279 g/mol. The molecule has 0 bridgehead atoms. The predicted molar refractivity (Wildman–Crippen MR) is 79.4 cm³/mol. The van der Waals surface area contributed by atoms with Gasteiger partial charge in [0.1, 0.15) is 0 Å². The van der Waals surface area contributed by atoms with E-state index < -0.39 is 0 Å². The van der Waals surface area contributed by atoms with E-state index in [4.69, 9.17) is 4.74 Å². The maximum atomic E-state index is 12.8. The molecular weight excluding hydrogens is 250 g/mol. The fraction of sp³-hybridized carbons (Fsp3) is 0.941. The van der Waals surface area contributed by atoms with Gasteiger partial charge in [0.2, 0.25) is 5.91 Å². The highest BCUT2D eigenvalue weighted by Gasteiger charge is 2.55. The molecule has 2 heterocycles. The normalized spacial score (nSPS) is 30.6. The number of ether oxygens (including phenoxy) is 1. The number of hydrogen-bond donors (Lipinski definition) is 0. The van der Waals surface area contributed by atoms with Gasteiger partial charge in [0, 0.05) is 37.1 Å². The van der Waals surface area contributed by atoms with Crippen LogP contribution in [0.15, 0.2) is 0 Å². The van der Waals surface area contributed by atoms with Gasteiger partial charge >= 0.3 is 0 Å². The summed E-state index contributed by atoms with van der Waals surface area (Å²) in [6.07, 6.45) is 8.65. The van der Waals surface area contributed by atoms with Crippen LogP contribution in [0, 0.1) is 17.3 Å². The fourth-order valence-electron chi connectivity index (χ4n) is 4.92. The second-order valence-electron chi connectivity index (χ2n) is 7.46. The van der Waals surface area contributed by atoms with Crippen molar-refractivity contribution in [1.82, 2.24) is 4.90 Å². The van der Waals surface area contributed by atoms with Gasteiger partial charge in [-0.3, -0.25) is 4.79 Å². The van der Waals surface area contributed by atoms with Gasteiger partial charge in [0.05, 0.1) is 0 Å². The molecule has 3 rings (SSSR count). The second-order valence-corrected chi connectivity index (χ2v) is 7.46. The third-order valence-corrected chi connectivity index (χ3v) is 5.78. The molecule has 1 aliphatic carbocycles. The lowest BCUT2D eigenvalue weighted by molar-refractivity contribution is -0.172. The van der Waals surface area contributed by atoms with Crippen molar-refractivity contribution in [3.63, 3.8) is 0 Å². The molecule has 0 aromatic carbocycles. The summed E-state index contributed by atoms with van der Waals surface area (Å²) in [6.45, 7) is 7.16. The summed E-state index contributed by atoms with van der Waals surface area (Å²) in [5.74, 6) is 1.24. The SMILES string of the molecule is CC(C)[C@H]1N(C(=O)C2CCOCC2)CC12CCCCC2. The number of carbonyl (C=O) groups is 1. The molecule has 0 N–H and O–H groups in total. The lowest BCUT2D eigenvalue weighted by Crippen LogP contribution is -2.69. The van der Waals surface area contributed by atoms with Crippen molar-refractivity contribution in [3.8, 4) is 0 Å². The molecule has 0 aromatic rings. The van der Waals surface area contributed by atoms with Crippen molar-refractivity contribution in [2.45, 2.75) is 64.8 Å². The molecule has 114 valence electrons. The predicted octanol–water partition coefficient (Wildman–Crippen LogP) is 3.23. The largest absolute Gasteiger partial charge is 0.381 e. The van der Waals surface area contributed by atoms with E-state index in [2.05, 4.69) is 18.7 Å². The summed E-state index contributed by atoms with van der Waals surface area (Å²) >= 11 is 0. The Labute approximate surface area is 123 Å². The van der Waals surface area contributed by atoms with E-state index in [0.717, 1.165) is 32.6 Å². The van der Waals surface area contributed by atoms with Crippen LogP contribution in [0.5, 0.6) is 0 Å². The van der Waals surface area contributed by atoms with Crippen molar-refractivity contribution in [1.29, 1.82) is 0 Å². The molecule has 1 saturated carbocycles. The lowest BCUT2D eigenvalue weighted by atomic mass is 9.59. The van der Waals surface area contributed by atoms with Crippen molar-refractivity contribution >= 4 is 5.91 Å². The van der Waals surface area contributed by atoms with Gasteiger partial charge in [0.15, 0.2) is 0 Å². The van der Waals surface area contributed by atoms with Crippen molar-refractivity contribution < 1.29 is 9.53 Å². The Bertz CT molecular complexity index is 354. The Balaban J connectivity index is 1.69. The first-order valence-electron chi connectivity index (χ1n) is 8.52. The Morgan fingerprint density at radius 2 is 1.80 bits per heavy atom. The van der Waals surface area contributed by atoms with Gasteiger partial charge in [-0.05, 0) is 31.6 Å². The Morgan fingerprint density at radius 3 is 2.40 bits per heavy atom. The zero-order valence-electron chi connectivity index (χ0n) is 13.1. The van der Waals surface area contributed by atoms with E-state index in [1.165, 1.54) is 32.1 Å². The molecule has 1 atom stereocenters. The van der Waals surface area contributed by atoms with Gasteiger partial charge in [-0.2, -0.15) is 0 Å². The summed E-state index contributed by atoms with van der Waals surface area (Å²) in [5.41, 5.74) is 0.466. The van der Waals surface area contributed by atoms with Crippen LogP contribution in [-0.4, -0.2) is 36.6 Å². The van der Waals surface area contributed by atoms with Gasteiger partial charge in [-0.25, -0.2) is 0 Å². The number of likely N-dealkylation sites (tertiary alicyclic amines) is 1. The number of hydrogen-bond acceptors (Lipinski definition) is 2. The summed E-state index contributed by atoms with van der Waals surface area (Å²) in [7, 11) is 0. The first kappa shape index (κ1) is 14.4. The molecule has 1 spiro atoms. The smallest absolute Gasteiger partial charge is 0.226 e. The van der Waals surface area contributed by atoms with Crippen LogP contribution in [0.1, 0.15) is 58.8 Å². The highest BCUT2D eigenvalue weighted by atomic mass is 16.5. The first-order valence-corrected chi connectivity index (χ1v) is 8.52. The highest BCUT2D eigenvalue weighted by molar-refractivity contribution is 5.80. The molecule has 3 aliphatic rings. The Morgan fingerprint density at radius 1 is 1.15 bits per heavy atom. The van der Waals surface area contributed by atoms with E-state index >= 15 is 0 Å². The lowest BCUT2D eigenvalue weighted by Gasteiger charge is -2.62.